The molecule has 0 aromatic heterocycles. The lowest BCUT2D eigenvalue weighted by Gasteiger charge is -2.47. The molecule has 0 bridgehead atoms. The van der Waals surface area contributed by atoms with E-state index in [4.69, 9.17) is 4.74 Å². The summed E-state index contributed by atoms with van der Waals surface area (Å²) in [5.74, 6) is 1.46. The van der Waals surface area contributed by atoms with E-state index in [0.29, 0.717) is 6.04 Å². The largest absolute Gasteiger partial charge is 0.381 e. The molecule has 0 saturated carbocycles. The molecule has 0 amide bonds. The zero-order valence-corrected chi connectivity index (χ0v) is 12.5. The molecular weight excluding hydrogens is 224 g/mol. The lowest BCUT2D eigenvalue weighted by Crippen LogP contribution is -2.63. The number of rotatable bonds is 3. The third-order valence-corrected chi connectivity index (χ3v) is 4.37. The van der Waals surface area contributed by atoms with Gasteiger partial charge in [0.05, 0.1) is 6.61 Å². The monoisotopic (exact) mass is 254 g/mol. The van der Waals surface area contributed by atoms with Crippen LogP contribution in [-0.2, 0) is 4.74 Å². The molecule has 2 aliphatic rings. The summed E-state index contributed by atoms with van der Waals surface area (Å²) in [4.78, 5) is 2.71. The van der Waals surface area contributed by atoms with Crippen molar-refractivity contribution in [2.75, 3.05) is 32.8 Å². The summed E-state index contributed by atoms with van der Waals surface area (Å²) < 4.78 is 5.63. The lowest BCUT2D eigenvalue weighted by atomic mass is 9.91. The van der Waals surface area contributed by atoms with Gasteiger partial charge in [-0.15, -0.1) is 0 Å². The summed E-state index contributed by atoms with van der Waals surface area (Å²) in [7, 11) is 0. The van der Waals surface area contributed by atoms with E-state index in [1.165, 1.54) is 19.4 Å². The van der Waals surface area contributed by atoms with Gasteiger partial charge in [-0.25, -0.2) is 0 Å². The van der Waals surface area contributed by atoms with Gasteiger partial charge in [-0.3, -0.25) is 4.90 Å². The van der Waals surface area contributed by atoms with Crippen molar-refractivity contribution in [1.29, 1.82) is 0 Å². The second kappa shape index (κ2) is 5.89. The van der Waals surface area contributed by atoms with Crippen molar-refractivity contribution in [3.63, 3.8) is 0 Å². The van der Waals surface area contributed by atoms with E-state index in [1.807, 2.05) is 0 Å². The topological polar surface area (TPSA) is 24.5 Å². The zero-order chi connectivity index (χ0) is 13.2. The van der Waals surface area contributed by atoms with Crippen LogP contribution >= 0.6 is 0 Å². The minimum Gasteiger partial charge on any atom is -0.381 e. The molecule has 2 fully saturated rings. The van der Waals surface area contributed by atoms with Gasteiger partial charge in [0.1, 0.15) is 0 Å². The molecule has 2 aliphatic heterocycles. The Bertz CT molecular complexity index is 259. The van der Waals surface area contributed by atoms with Gasteiger partial charge in [-0.2, -0.15) is 0 Å². The molecule has 2 unspecified atom stereocenters. The Morgan fingerprint density at radius 3 is 2.78 bits per heavy atom. The van der Waals surface area contributed by atoms with Crippen molar-refractivity contribution in [2.24, 2.45) is 11.8 Å². The Hall–Kier alpha value is -0.120. The molecule has 1 N–H and O–H groups in total. The molecule has 0 aromatic rings. The molecule has 2 rings (SSSR count). The molecule has 0 radical (unpaired) electrons. The van der Waals surface area contributed by atoms with Crippen LogP contribution in [0.25, 0.3) is 0 Å². The van der Waals surface area contributed by atoms with Gasteiger partial charge in [0.15, 0.2) is 0 Å². The lowest BCUT2D eigenvalue weighted by molar-refractivity contribution is 0.00524. The molecule has 2 atom stereocenters. The van der Waals surface area contributed by atoms with Crippen molar-refractivity contribution >= 4 is 0 Å². The van der Waals surface area contributed by atoms with E-state index in [2.05, 4.69) is 37.9 Å². The molecule has 0 spiro atoms. The maximum atomic E-state index is 5.63. The van der Waals surface area contributed by atoms with Crippen molar-refractivity contribution in [1.82, 2.24) is 10.2 Å². The first-order chi connectivity index (χ1) is 8.48. The molecule has 106 valence electrons. The first kappa shape index (κ1) is 14.3. The van der Waals surface area contributed by atoms with Crippen LogP contribution < -0.4 is 5.32 Å². The summed E-state index contributed by atoms with van der Waals surface area (Å²) in [5, 5.41) is 3.68. The van der Waals surface area contributed by atoms with Gasteiger partial charge in [0.25, 0.3) is 0 Å². The maximum absolute atomic E-state index is 5.63. The van der Waals surface area contributed by atoms with Gasteiger partial charge >= 0.3 is 0 Å². The van der Waals surface area contributed by atoms with E-state index in [1.54, 1.807) is 0 Å². The number of nitrogens with zero attached hydrogens (tertiary/aromatic N) is 1. The smallest absolute Gasteiger partial charge is 0.0506 e. The third-order valence-electron chi connectivity index (χ3n) is 4.37. The standard InChI is InChI=1S/C15H30N2O/c1-12(2)14-8-16-15(3,4)11-17(14)9-13-6-5-7-18-10-13/h12-14,16H,5-11H2,1-4H3. The van der Waals surface area contributed by atoms with Crippen LogP contribution in [0, 0.1) is 11.8 Å². The highest BCUT2D eigenvalue weighted by Gasteiger charge is 2.35. The van der Waals surface area contributed by atoms with Crippen LogP contribution in [-0.4, -0.2) is 49.3 Å². The third kappa shape index (κ3) is 3.69. The fourth-order valence-electron chi connectivity index (χ4n) is 3.33. The second-order valence-corrected chi connectivity index (χ2v) is 7.09. The molecule has 3 heteroatoms. The Morgan fingerprint density at radius 1 is 1.39 bits per heavy atom. The minimum absolute atomic E-state index is 0.251. The molecule has 3 nitrogen and oxygen atoms in total. The molecule has 18 heavy (non-hydrogen) atoms. The molecule has 2 saturated heterocycles. The van der Waals surface area contributed by atoms with Crippen LogP contribution in [0.5, 0.6) is 0 Å². The molecule has 0 aromatic carbocycles. The normalized spacial score (nSPS) is 33.8. The number of ether oxygens (including phenoxy) is 1. The van der Waals surface area contributed by atoms with E-state index < -0.39 is 0 Å². The number of piperazine rings is 1. The molecule has 0 aliphatic carbocycles. The van der Waals surface area contributed by atoms with Crippen LogP contribution in [0.15, 0.2) is 0 Å². The highest BCUT2D eigenvalue weighted by molar-refractivity contribution is 4.94. The summed E-state index contributed by atoms with van der Waals surface area (Å²) in [6, 6.07) is 0.681. The number of nitrogens with one attached hydrogen (secondary N) is 1. The van der Waals surface area contributed by atoms with Crippen molar-refractivity contribution < 1.29 is 4.74 Å². The van der Waals surface area contributed by atoms with Gasteiger partial charge in [0.2, 0.25) is 0 Å². The Morgan fingerprint density at radius 2 is 2.17 bits per heavy atom. The average molecular weight is 254 g/mol. The van der Waals surface area contributed by atoms with Crippen molar-refractivity contribution in [2.45, 2.75) is 52.1 Å². The highest BCUT2D eigenvalue weighted by atomic mass is 16.5. The first-order valence-corrected chi connectivity index (χ1v) is 7.55. The van der Waals surface area contributed by atoms with Gasteiger partial charge < -0.3 is 10.1 Å². The predicted molar refractivity (Wildman–Crippen MR) is 75.8 cm³/mol. The summed E-state index contributed by atoms with van der Waals surface area (Å²) >= 11 is 0. The average Bonchev–Trinajstić information content (AvgIpc) is 2.28. The Kier molecular flexibility index (Phi) is 4.68. The quantitative estimate of drug-likeness (QED) is 0.835. The summed E-state index contributed by atoms with van der Waals surface area (Å²) in [5.41, 5.74) is 0.251. The summed E-state index contributed by atoms with van der Waals surface area (Å²) in [6.07, 6.45) is 2.58. The fraction of sp³-hybridized carbons (Fsp3) is 1.00. The van der Waals surface area contributed by atoms with Crippen molar-refractivity contribution in [3.8, 4) is 0 Å². The highest BCUT2D eigenvalue weighted by Crippen LogP contribution is 2.23. The maximum Gasteiger partial charge on any atom is 0.0506 e. The van der Waals surface area contributed by atoms with E-state index in [0.717, 1.165) is 38.1 Å². The van der Waals surface area contributed by atoms with Gasteiger partial charge in [0, 0.05) is 37.8 Å². The Labute approximate surface area is 112 Å². The van der Waals surface area contributed by atoms with Crippen LogP contribution in [0.2, 0.25) is 0 Å². The minimum atomic E-state index is 0.251. The second-order valence-electron chi connectivity index (χ2n) is 7.09. The Balaban J connectivity index is 1.95. The molecule has 2 heterocycles. The predicted octanol–water partition coefficient (Wildman–Crippen LogP) is 2.12. The fourth-order valence-corrected chi connectivity index (χ4v) is 3.33. The zero-order valence-electron chi connectivity index (χ0n) is 12.5. The molecular formula is C15H30N2O. The van der Waals surface area contributed by atoms with Crippen LogP contribution in [0.3, 0.4) is 0 Å². The van der Waals surface area contributed by atoms with E-state index >= 15 is 0 Å². The first-order valence-electron chi connectivity index (χ1n) is 7.55. The van der Waals surface area contributed by atoms with E-state index in [-0.39, 0.29) is 5.54 Å². The number of hydrogen-bond donors (Lipinski definition) is 1. The van der Waals surface area contributed by atoms with Crippen LogP contribution in [0.4, 0.5) is 0 Å². The van der Waals surface area contributed by atoms with E-state index in [9.17, 15) is 0 Å². The van der Waals surface area contributed by atoms with Gasteiger partial charge in [-0.05, 0) is 38.5 Å². The summed E-state index contributed by atoms with van der Waals surface area (Å²) in [6.45, 7) is 14.7. The van der Waals surface area contributed by atoms with Gasteiger partial charge in [-0.1, -0.05) is 13.8 Å². The number of hydrogen-bond acceptors (Lipinski definition) is 3. The van der Waals surface area contributed by atoms with Crippen molar-refractivity contribution in [3.05, 3.63) is 0 Å². The van der Waals surface area contributed by atoms with Crippen LogP contribution in [0.1, 0.15) is 40.5 Å². The SMILES string of the molecule is CC(C)C1CNC(C)(C)CN1CC1CCCOC1.